The smallest absolute Gasteiger partial charge is 0.291 e. The SMILES string of the molecule is O=C(Nc1ccc(C(=O)N2CCOCC2)cc1N1CCCCC1)c1ccc(-c2cn[nH]c2)o1. The normalized spacial score (nSPS) is 16.6. The summed E-state index contributed by atoms with van der Waals surface area (Å²) in [7, 11) is 0. The average molecular weight is 450 g/mol. The molecule has 2 aliphatic rings. The number of aromatic amines is 1. The molecule has 5 rings (SSSR count). The number of piperidine rings is 1. The van der Waals surface area contributed by atoms with Gasteiger partial charge in [0.15, 0.2) is 5.76 Å². The Bertz CT molecular complexity index is 1110. The highest BCUT2D eigenvalue weighted by atomic mass is 16.5. The van der Waals surface area contributed by atoms with Crippen LogP contribution in [0.1, 0.15) is 40.2 Å². The van der Waals surface area contributed by atoms with Crippen LogP contribution in [-0.2, 0) is 4.74 Å². The number of benzene rings is 1. The van der Waals surface area contributed by atoms with Gasteiger partial charge >= 0.3 is 0 Å². The van der Waals surface area contributed by atoms with Gasteiger partial charge in [0.25, 0.3) is 11.8 Å². The van der Waals surface area contributed by atoms with E-state index in [4.69, 9.17) is 9.15 Å². The number of carbonyl (C=O) groups excluding carboxylic acids is 2. The van der Waals surface area contributed by atoms with E-state index in [1.807, 2.05) is 17.0 Å². The standard InChI is InChI=1S/C24H27N5O4/c30-23(22-7-6-21(33-22)18-15-25-26-16-18)27-19-5-4-17(24(31)29-10-12-32-13-11-29)14-20(19)28-8-2-1-3-9-28/h4-7,14-16H,1-3,8-13H2,(H,25,26)(H,27,30). The summed E-state index contributed by atoms with van der Waals surface area (Å²) in [4.78, 5) is 30.1. The van der Waals surface area contributed by atoms with E-state index in [1.54, 1.807) is 30.6 Å². The first-order valence-electron chi connectivity index (χ1n) is 11.4. The molecule has 0 aliphatic carbocycles. The van der Waals surface area contributed by atoms with Gasteiger partial charge < -0.3 is 24.3 Å². The largest absolute Gasteiger partial charge is 0.451 e. The van der Waals surface area contributed by atoms with Gasteiger partial charge in [-0.2, -0.15) is 5.10 Å². The molecule has 0 unspecified atom stereocenters. The zero-order valence-corrected chi connectivity index (χ0v) is 18.4. The number of H-pyrrole nitrogens is 1. The Hall–Kier alpha value is -3.59. The molecule has 2 amide bonds. The zero-order chi connectivity index (χ0) is 22.6. The van der Waals surface area contributed by atoms with Crippen molar-refractivity contribution in [2.45, 2.75) is 19.3 Å². The zero-order valence-electron chi connectivity index (χ0n) is 18.4. The molecule has 2 N–H and O–H groups in total. The second-order valence-corrected chi connectivity index (χ2v) is 8.29. The van der Waals surface area contributed by atoms with Crippen LogP contribution in [0.5, 0.6) is 0 Å². The average Bonchev–Trinajstić information content (AvgIpc) is 3.57. The summed E-state index contributed by atoms with van der Waals surface area (Å²) in [6, 6.07) is 8.89. The minimum atomic E-state index is -0.338. The lowest BCUT2D eigenvalue weighted by atomic mass is 10.1. The molecule has 3 aromatic rings. The summed E-state index contributed by atoms with van der Waals surface area (Å²) in [6.45, 7) is 4.08. The van der Waals surface area contributed by atoms with Crippen molar-refractivity contribution in [3.05, 3.63) is 54.0 Å². The summed E-state index contributed by atoms with van der Waals surface area (Å²) in [6.07, 6.45) is 6.70. The Kier molecular flexibility index (Phi) is 6.12. The van der Waals surface area contributed by atoms with Crippen LogP contribution in [0.25, 0.3) is 11.3 Å². The monoisotopic (exact) mass is 449 g/mol. The fourth-order valence-corrected chi connectivity index (χ4v) is 4.30. The van der Waals surface area contributed by atoms with Gasteiger partial charge in [-0.25, -0.2) is 0 Å². The maximum absolute atomic E-state index is 13.0. The molecule has 33 heavy (non-hydrogen) atoms. The molecule has 2 aromatic heterocycles. The van der Waals surface area contributed by atoms with Gasteiger partial charge in [-0.15, -0.1) is 0 Å². The highest BCUT2D eigenvalue weighted by Gasteiger charge is 2.23. The lowest BCUT2D eigenvalue weighted by Gasteiger charge is -2.31. The molecule has 0 saturated carbocycles. The van der Waals surface area contributed by atoms with Gasteiger partial charge in [-0.1, -0.05) is 0 Å². The van der Waals surface area contributed by atoms with Gasteiger partial charge in [0.05, 0.1) is 36.3 Å². The Morgan fingerprint density at radius 2 is 1.82 bits per heavy atom. The van der Waals surface area contributed by atoms with Gasteiger partial charge in [-0.05, 0) is 49.6 Å². The van der Waals surface area contributed by atoms with Crippen molar-refractivity contribution in [1.29, 1.82) is 0 Å². The number of carbonyl (C=O) groups is 2. The Balaban J connectivity index is 1.39. The third kappa shape index (κ3) is 4.63. The number of nitrogens with zero attached hydrogens (tertiary/aromatic N) is 3. The van der Waals surface area contributed by atoms with Gasteiger partial charge in [0, 0.05) is 37.9 Å². The maximum Gasteiger partial charge on any atom is 0.291 e. The van der Waals surface area contributed by atoms with E-state index in [0.717, 1.165) is 37.2 Å². The van der Waals surface area contributed by atoms with Crippen molar-refractivity contribution in [3.63, 3.8) is 0 Å². The van der Waals surface area contributed by atoms with Crippen molar-refractivity contribution >= 4 is 23.2 Å². The van der Waals surface area contributed by atoms with Crippen LogP contribution < -0.4 is 10.2 Å². The summed E-state index contributed by atoms with van der Waals surface area (Å²) in [5.41, 5.74) is 2.93. The number of hydrogen-bond donors (Lipinski definition) is 2. The number of hydrogen-bond acceptors (Lipinski definition) is 6. The van der Waals surface area contributed by atoms with Crippen LogP contribution >= 0.6 is 0 Å². The Labute approximate surface area is 191 Å². The highest BCUT2D eigenvalue weighted by molar-refractivity contribution is 6.05. The summed E-state index contributed by atoms with van der Waals surface area (Å²) >= 11 is 0. The first kappa shape index (κ1) is 21.3. The molecule has 2 aliphatic heterocycles. The van der Waals surface area contributed by atoms with Crippen molar-refractivity contribution in [2.75, 3.05) is 49.6 Å². The second kappa shape index (κ2) is 9.50. The fraction of sp³-hybridized carbons (Fsp3) is 0.375. The lowest BCUT2D eigenvalue weighted by molar-refractivity contribution is 0.0303. The number of nitrogens with one attached hydrogen (secondary N) is 2. The minimum Gasteiger partial charge on any atom is -0.451 e. The van der Waals surface area contributed by atoms with Gasteiger partial charge in [0.1, 0.15) is 5.76 Å². The van der Waals surface area contributed by atoms with Crippen LogP contribution in [0.15, 0.2) is 47.1 Å². The molecule has 2 saturated heterocycles. The number of amides is 2. The summed E-state index contributed by atoms with van der Waals surface area (Å²) in [5.74, 6) is 0.432. The van der Waals surface area contributed by atoms with E-state index in [0.29, 0.717) is 43.3 Å². The molecule has 4 heterocycles. The van der Waals surface area contributed by atoms with E-state index < -0.39 is 0 Å². The van der Waals surface area contributed by atoms with Crippen molar-refractivity contribution in [3.8, 4) is 11.3 Å². The van der Waals surface area contributed by atoms with E-state index >= 15 is 0 Å². The predicted molar refractivity (Wildman–Crippen MR) is 123 cm³/mol. The quantitative estimate of drug-likeness (QED) is 0.619. The molecule has 1 aromatic carbocycles. The second-order valence-electron chi connectivity index (χ2n) is 8.29. The third-order valence-corrected chi connectivity index (χ3v) is 6.10. The van der Waals surface area contributed by atoms with Crippen molar-refractivity contribution in [1.82, 2.24) is 15.1 Å². The number of rotatable bonds is 5. The first-order chi connectivity index (χ1) is 16.2. The molecule has 0 radical (unpaired) electrons. The van der Waals surface area contributed by atoms with Crippen molar-refractivity contribution < 1.29 is 18.7 Å². The van der Waals surface area contributed by atoms with Gasteiger partial charge in [-0.3, -0.25) is 14.7 Å². The predicted octanol–water partition coefficient (Wildman–Crippen LogP) is 3.38. The Morgan fingerprint density at radius 1 is 1.00 bits per heavy atom. The van der Waals surface area contributed by atoms with E-state index in [2.05, 4.69) is 20.4 Å². The topological polar surface area (TPSA) is 104 Å². The van der Waals surface area contributed by atoms with E-state index in [9.17, 15) is 9.59 Å². The molecule has 0 spiro atoms. The molecular weight excluding hydrogens is 422 g/mol. The Morgan fingerprint density at radius 3 is 2.58 bits per heavy atom. The number of aromatic nitrogens is 2. The van der Waals surface area contributed by atoms with Crippen LogP contribution in [0.4, 0.5) is 11.4 Å². The molecule has 9 nitrogen and oxygen atoms in total. The number of furan rings is 1. The number of morpholine rings is 1. The lowest BCUT2D eigenvalue weighted by Crippen LogP contribution is -2.40. The van der Waals surface area contributed by atoms with Crippen LogP contribution in [0, 0.1) is 0 Å². The molecule has 2 fully saturated rings. The van der Waals surface area contributed by atoms with E-state index in [-0.39, 0.29) is 17.6 Å². The molecular formula is C24H27N5O4. The minimum absolute atomic E-state index is 0.00905. The summed E-state index contributed by atoms with van der Waals surface area (Å²) < 4.78 is 11.1. The highest BCUT2D eigenvalue weighted by Crippen LogP contribution is 2.31. The third-order valence-electron chi connectivity index (χ3n) is 6.10. The maximum atomic E-state index is 13.0. The first-order valence-corrected chi connectivity index (χ1v) is 11.4. The van der Waals surface area contributed by atoms with Crippen LogP contribution in [-0.4, -0.2) is 66.3 Å². The molecule has 172 valence electrons. The fourth-order valence-electron chi connectivity index (χ4n) is 4.30. The molecule has 0 bridgehead atoms. The number of anilines is 2. The van der Waals surface area contributed by atoms with Gasteiger partial charge in [0.2, 0.25) is 0 Å². The molecule has 9 heteroatoms. The summed E-state index contributed by atoms with van der Waals surface area (Å²) in [5, 5.41) is 9.63. The molecule has 0 atom stereocenters. The van der Waals surface area contributed by atoms with Crippen molar-refractivity contribution in [2.24, 2.45) is 0 Å². The number of ether oxygens (including phenoxy) is 1. The van der Waals surface area contributed by atoms with E-state index in [1.165, 1.54) is 6.42 Å². The van der Waals surface area contributed by atoms with Crippen LogP contribution in [0.2, 0.25) is 0 Å². The van der Waals surface area contributed by atoms with Crippen LogP contribution in [0.3, 0.4) is 0 Å².